The number of carbonyl (C=O) groups is 1. The van der Waals surface area contributed by atoms with Crippen LogP contribution in [-0.2, 0) is 11.3 Å². The van der Waals surface area contributed by atoms with Crippen LogP contribution >= 0.6 is 0 Å². The van der Waals surface area contributed by atoms with Crippen molar-refractivity contribution >= 4 is 17.0 Å². The molecule has 3 aromatic rings. The molecule has 0 fully saturated rings. The molecule has 1 heterocycles. The molecular formula is C18H15F3N2O4. The van der Waals surface area contributed by atoms with Crippen molar-refractivity contribution in [3.8, 4) is 16.9 Å². The quantitative estimate of drug-likeness (QED) is 0.737. The highest BCUT2D eigenvalue weighted by molar-refractivity contribution is 5.83. The Morgan fingerprint density at radius 3 is 2.44 bits per heavy atom. The zero-order chi connectivity index (χ0) is 19.6. The van der Waals surface area contributed by atoms with Crippen molar-refractivity contribution in [3.63, 3.8) is 0 Å². The lowest BCUT2D eigenvalue weighted by molar-refractivity contribution is -0.274. The fourth-order valence-electron chi connectivity index (χ4n) is 2.64. The Balaban J connectivity index is 1.94. The molecule has 0 atom stereocenters. The molecule has 0 aliphatic rings. The van der Waals surface area contributed by atoms with Crippen LogP contribution in [0.3, 0.4) is 0 Å². The number of halogens is 3. The molecule has 9 heteroatoms. The molecule has 0 unspecified atom stereocenters. The van der Waals surface area contributed by atoms with E-state index in [2.05, 4.69) is 10.1 Å². The number of alkyl halides is 3. The number of rotatable bonds is 5. The maximum atomic E-state index is 12.2. The molecule has 1 N–H and O–H groups in total. The molecule has 0 radical (unpaired) electrons. The highest BCUT2D eigenvalue weighted by atomic mass is 19.4. The molecule has 0 bridgehead atoms. The molecule has 1 amide bonds. The van der Waals surface area contributed by atoms with Gasteiger partial charge in [0.05, 0.1) is 5.52 Å². The molecule has 6 nitrogen and oxygen atoms in total. The van der Waals surface area contributed by atoms with E-state index in [0.717, 1.165) is 0 Å². The van der Waals surface area contributed by atoms with Crippen LogP contribution in [0.4, 0.5) is 13.2 Å². The third kappa shape index (κ3) is 4.30. The van der Waals surface area contributed by atoms with E-state index in [-0.39, 0.29) is 18.2 Å². The van der Waals surface area contributed by atoms with E-state index in [1.54, 1.807) is 25.1 Å². The number of nitrogens with one attached hydrogen (secondary N) is 1. The minimum atomic E-state index is -4.76. The molecule has 0 aliphatic carbocycles. The third-order valence-corrected chi connectivity index (χ3v) is 3.76. The number of benzene rings is 2. The summed E-state index contributed by atoms with van der Waals surface area (Å²) in [4.78, 5) is 23.8. The molecule has 27 heavy (non-hydrogen) atoms. The fourth-order valence-corrected chi connectivity index (χ4v) is 2.64. The van der Waals surface area contributed by atoms with Gasteiger partial charge in [-0.05, 0) is 42.3 Å². The lowest BCUT2D eigenvalue weighted by atomic mass is 10.1. The predicted molar refractivity (Wildman–Crippen MR) is 91.3 cm³/mol. The van der Waals surface area contributed by atoms with Crippen molar-refractivity contribution in [2.75, 3.05) is 6.54 Å². The van der Waals surface area contributed by atoms with Crippen LogP contribution in [0, 0.1) is 0 Å². The van der Waals surface area contributed by atoms with E-state index in [9.17, 15) is 22.8 Å². The van der Waals surface area contributed by atoms with Crippen molar-refractivity contribution in [3.05, 3.63) is 53.0 Å². The van der Waals surface area contributed by atoms with Gasteiger partial charge < -0.3 is 14.5 Å². The number of amides is 1. The second-order valence-electron chi connectivity index (χ2n) is 5.66. The largest absolute Gasteiger partial charge is 0.573 e. The Bertz CT molecular complexity index is 1020. The number of hydrogen-bond acceptors (Lipinski definition) is 4. The summed E-state index contributed by atoms with van der Waals surface area (Å²) in [7, 11) is 0. The van der Waals surface area contributed by atoms with Gasteiger partial charge in [0.2, 0.25) is 5.91 Å². The van der Waals surface area contributed by atoms with Gasteiger partial charge in [0, 0.05) is 6.54 Å². The van der Waals surface area contributed by atoms with Crippen molar-refractivity contribution < 1.29 is 27.1 Å². The molecule has 0 aliphatic heterocycles. The summed E-state index contributed by atoms with van der Waals surface area (Å²) in [6.07, 6.45) is -4.76. The zero-order valence-electron chi connectivity index (χ0n) is 14.2. The van der Waals surface area contributed by atoms with Gasteiger partial charge in [0.1, 0.15) is 12.3 Å². The van der Waals surface area contributed by atoms with Gasteiger partial charge in [-0.25, -0.2) is 4.79 Å². The number of nitrogens with zero attached hydrogens (tertiary/aromatic N) is 1. The summed E-state index contributed by atoms with van der Waals surface area (Å²) in [5, 5.41) is 2.60. The van der Waals surface area contributed by atoms with E-state index in [1.807, 2.05) is 0 Å². The minimum absolute atomic E-state index is 0.193. The molecule has 0 spiro atoms. The van der Waals surface area contributed by atoms with Gasteiger partial charge in [-0.15, -0.1) is 13.2 Å². The maximum absolute atomic E-state index is 12.2. The Hall–Kier alpha value is -3.23. The minimum Gasteiger partial charge on any atom is -0.408 e. The smallest absolute Gasteiger partial charge is 0.408 e. The van der Waals surface area contributed by atoms with Crippen molar-refractivity contribution in [2.24, 2.45) is 0 Å². The molecular weight excluding hydrogens is 365 g/mol. The van der Waals surface area contributed by atoms with Crippen LogP contribution in [0.25, 0.3) is 22.2 Å². The van der Waals surface area contributed by atoms with Crippen molar-refractivity contribution in [1.82, 2.24) is 9.88 Å². The number of fused-ring (bicyclic) bond motifs is 1. The summed E-state index contributed by atoms with van der Waals surface area (Å²) in [5.74, 6) is -1.33. The first-order valence-electron chi connectivity index (χ1n) is 8.03. The number of likely N-dealkylation sites (N-methyl/N-ethyl adjacent to an activating group) is 1. The van der Waals surface area contributed by atoms with Crippen LogP contribution in [0.2, 0.25) is 0 Å². The summed E-state index contributed by atoms with van der Waals surface area (Å²) < 4.78 is 46.9. The van der Waals surface area contributed by atoms with Crippen LogP contribution < -0.4 is 15.8 Å². The summed E-state index contributed by atoms with van der Waals surface area (Å²) >= 11 is 0. The monoisotopic (exact) mass is 380 g/mol. The molecule has 2 aromatic carbocycles. The average molecular weight is 380 g/mol. The second-order valence-corrected chi connectivity index (χ2v) is 5.66. The Labute approximate surface area is 151 Å². The predicted octanol–water partition coefficient (Wildman–Crippen LogP) is 3.30. The first kappa shape index (κ1) is 18.6. The van der Waals surface area contributed by atoms with Crippen molar-refractivity contribution in [1.29, 1.82) is 0 Å². The van der Waals surface area contributed by atoms with E-state index in [4.69, 9.17) is 4.42 Å². The fraction of sp³-hybridized carbons (Fsp3) is 0.222. The van der Waals surface area contributed by atoms with Gasteiger partial charge in [-0.3, -0.25) is 9.36 Å². The van der Waals surface area contributed by atoms with Crippen molar-refractivity contribution in [2.45, 2.75) is 19.8 Å². The maximum Gasteiger partial charge on any atom is 0.573 e. The molecule has 3 rings (SSSR count). The van der Waals surface area contributed by atoms with Crippen LogP contribution in [-0.4, -0.2) is 23.4 Å². The van der Waals surface area contributed by atoms with Gasteiger partial charge in [0.15, 0.2) is 5.58 Å². The molecule has 1 aromatic heterocycles. The normalized spacial score (nSPS) is 11.6. The van der Waals surface area contributed by atoms with Gasteiger partial charge in [-0.1, -0.05) is 18.2 Å². The zero-order valence-corrected chi connectivity index (χ0v) is 14.2. The standard InChI is InChI=1S/C18H15F3N2O4/c1-2-22-16(24)10-23-14-9-12(5-8-15(14)26-17(23)25)11-3-6-13(7-4-11)27-18(19,20)21/h3-9H,2,10H2,1H3,(H,22,24). The number of ether oxygens (including phenoxy) is 1. The van der Waals surface area contributed by atoms with E-state index in [0.29, 0.717) is 28.8 Å². The first-order chi connectivity index (χ1) is 12.8. The highest BCUT2D eigenvalue weighted by Crippen LogP contribution is 2.28. The van der Waals surface area contributed by atoms with E-state index in [1.165, 1.54) is 28.8 Å². The lowest BCUT2D eigenvalue weighted by Crippen LogP contribution is -2.30. The molecule has 142 valence electrons. The topological polar surface area (TPSA) is 73.5 Å². The van der Waals surface area contributed by atoms with Crippen LogP contribution in [0.5, 0.6) is 5.75 Å². The van der Waals surface area contributed by atoms with E-state index >= 15 is 0 Å². The SMILES string of the molecule is CCNC(=O)Cn1c(=O)oc2ccc(-c3ccc(OC(F)(F)F)cc3)cc21. The highest BCUT2D eigenvalue weighted by Gasteiger charge is 2.30. The van der Waals surface area contributed by atoms with Gasteiger partial charge >= 0.3 is 12.1 Å². The summed E-state index contributed by atoms with van der Waals surface area (Å²) in [5.41, 5.74) is 1.99. The summed E-state index contributed by atoms with van der Waals surface area (Å²) in [6.45, 7) is 2.00. The number of hydrogen-bond donors (Lipinski definition) is 1. The average Bonchev–Trinajstić information content (AvgIpc) is 2.89. The number of carbonyl (C=O) groups excluding carboxylic acids is 1. The van der Waals surface area contributed by atoms with Gasteiger partial charge in [-0.2, -0.15) is 0 Å². The Morgan fingerprint density at radius 2 is 1.81 bits per heavy atom. The van der Waals surface area contributed by atoms with Gasteiger partial charge in [0.25, 0.3) is 0 Å². The van der Waals surface area contributed by atoms with E-state index < -0.39 is 12.1 Å². The third-order valence-electron chi connectivity index (χ3n) is 3.76. The van der Waals surface area contributed by atoms with Crippen LogP contribution in [0.1, 0.15) is 6.92 Å². The number of oxazole rings is 1. The lowest BCUT2D eigenvalue weighted by Gasteiger charge is -2.09. The van der Waals surface area contributed by atoms with Crippen LogP contribution in [0.15, 0.2) is 51.7 Å². The number of aromatic nitrogens is 1. The second kappa shape index (κ2) is 7.18. The summed E-state index contributed by atoms with van der Waals surface area (Å²) in [6, 6.07) is 10.2. The molecule has 0 saturated heterocycles. The first-order valence-corrected chi connectivity index (χ1v) is 8.03. The molecule has 0 saturated carbocycles. The Morgan fingerprint density at radius 1 is 1.15 bits per heavy atom. The Kier molecular flexibility index (Phi) is 4.93.